The number of hydrogen-bond acceptors (Lipinski definition) is 12. The van der Waals surface area contributed by atoms with Crippen molar-refractivity contribution in [2.24, 2.45) is 0 Å². The van der Waals surface area contributed by atoms with E-state index in [1.165, 1.54) is 180 Å². The molecule has 9 rings (SSSR count). The average Bonchev–Trinajstić information content (AvgIpc) is 0.797. The van der Waals surface area contributed by atoms with Gasteiger partial charge in [-0.25, -0.2) is 0 Å². The summed E-state index contributed by atoms with van der Waals surface area (Å²) in [4.78, 5) is 2.76. The number of hydrogen-bond donors (Lipinski definition) is 4. The van der Waals surface area contributed by atoms with E-state index >= 15 is 0 Å². The smallest absolute Gasteiger partial charge is 0.231 e. The van der Waals surface area contributed by atoms with Crippen LogP contribution in [0, 0.1) is 0 Å². The molecule has 0 atom stereocenters. The molecular weight excluding hydrogens is 1170 g/mol. The van der Waals surface area contributed by atoms with Crippen LogP contribution >= 0.6 is 50.5 Å². The second kappa shape index (κ2) is 36.8. The third kappa shape index (κ3) is 17.7. The van der Waals surface area contributed by atoms with Crippen molar-refractivity contribution in [2.75, 3.05) is 27.2 Å². The van der Waals surface area contributed by atoms with Gasteiger partial charge in [0.2, 0.25) is 27.2 Å². The van der Waals surface area contributed by atoms with Crippen molar-refractivity contribution in [1.29, 1.82) is 0 Å². The first-order chi connectivity index (χ1) is 43.3. The molecule has 0 N–H and O–H groups in total. The second-order valence-electron chi connectivity index (χ2n) is 26.6. The average molecular weight is 1280 g/mol. The standard InChI is InChI=1S/C76H112O8S4/c1-5-9-13-17-21-25-29-33-37-41-53-57-45-59-54(42-38-34-30-26-22-18-14-10-6-2)61-47-63-56(44-40-36-32-28-24-20-16-12-8-4)64-48-62-55(43-39-35-31-27-23-19-15-11-7-3)60-46-58(53)66-74(86)68(60)80-51-82-70(62)76(88)72(64)84-52-83-71(63)75(87)69(61)81-50-79-67(59)73(85)65(57)77-49-78-66/h45-48,53-56,85-88H,5-44,49-52H2,1-4H3. The molecule has 488 valence electrons. The second-order valence-corrected chi connectivity index (χ2v) is 28.3. The predicted molar refractivity (Wildman–Crippen MR) is 374 cm³/mol. The van der Waals surface area contributed by atoms with Gasteiger partial charge in [-0.2, -0.15) is 0 Å². The van der Waals surface area contributed by atoms with Crippen LogP contribution in [0.4, 0.5) is 0 Å². The fraction of sp³-hybridized carbons (Fsp3) is 0.684. The molecule has 0 amide bonds. The van der Waals surface area contributed by atoms with Gasteiger partial charge in [0.25, 0.3) is 0 Å². The minimum atomic E-state index is -0.121. The Morgan fingerprint density at radius 2 is 0.364 bits per heavy atom. The van der Waals surface area contributed by atoms with E-state index in [1.54, 1.807) is 0 Å². The van der Waals surface area contributed by atoms with Crippen LogP contribution in [0.2, 0.25) is 0 Å². The fourth-order valence-electron chi connectivity index (χ4n) is 15.1. The van der Waals surface area contributed by atoms with Crippen molar-refractivity contribution < 1.29 is 37.9 Å². The van der Waals surface area contributed by atoms with Crippen molar-refractivity contribution in [1.82, 2.24) is 0 Å². The van der Waals surface area contributed by atoms with E-state index in [0.717, 1.165) is 122 Å². The SMILES string of the molecule is CCCCCCCCCCCC1c2cc3c4c(S)c2OCOc2c1cc1c(c2S)OCOc2c(cc5c(c2S)OCOc2c(cc(c(c2S)OCO4)C3CCCCCCCCCCC)C5CCCCCCCCCCC)C1CCCCCCCCCCC. The lowest BCUT2D eigenvalue weighted by molar-refractivity contribution is 0.0878. The van der Waals surface area contributed by atoms with Crippen molar-refractivity contribution >= 4 is 50.5 Å². The maximum atomic E-state index is 6.90. The summed E-state index contributed by atoms with van der Waals surface area (Å²) in [5, 5.41) is 0. The van der Waals surface area contributed by atoms with Gasteiger partial charge in [-0.15, -0.1) is 50.5 Å². The van der Waals surface area contributed by atoms with Crippen LogP contribution in [0.3, 0.4) is 0 Å². The minimum Gasteiger partial charge on any atom is -0.456 e. The maximum Gasteiger partial charge on any atom is 0.231 e. The molecule has 8 nitrogen and oxygen atoms in total. The van der Waals surface area contributed by atoms with Crippen molar-refractivity contribution in [2.45, 2.75) is 328 Å². The Morgan fingerprint density at radius 3 is 0.511 bits per heavy atom. The molecule has 88 heavy (non-hydrogen) atoms. The molecule has 0 saturated carbocycles. The van der Waals surface area contributed by atoms with Crippen LogP contribution in [0.1, 0.15) is 353 Å². The Kier molecular flexibility index (Phi) is 28.9. The van der Waals surface area contributed by atoms with Crippen molar-refractivity contribution in [3.8, 4) is 46.0 Å². The summed E-state index contributed by atoms with van der Waals surface area (Å²) >= 11 is 22.1. The summed E-state index contributed by atoms with van der Waals surface area (Å²) in [6.45, 7) is 9.07. The van der Waals surface area contributed by atoms with Crippen LogP contribution in [-0.2, 0) is 0 Å². The van der Waals surface area contributed by atoms with Crippen molar-refractivity contribution in [3.63, 3.8) is 0 Å². The molecule has 8 bridgehead atoms. The molecule has 0 fully saturated rings. The molecule has 4 aromatic rings. The number of unbranched alkanes of at least 4 members (excludes halogenated alkanes) is 32. The molecule has 12 heteroatoms. The Bertz CT molecular complexity index is 2300. The summed E-state index contributed by atoms with van der Waals surface area (Å²) in [5.74, 6) is 5.22. The molecule has 4 heterocycles. The van der Waals surface area contributed by atoms with Gasteiger partial charge in [-0.1, -0.05) is 259 Å². The molecule has 0 saturated heterocycles. The third-order valence-electron chi connectivity index (χ3n) is 20.1. The van der Waals surface area contributed by atoms with Crippen LogP contribution in [0.25, 0.3) is 0 Å². The van der Waals surface area contributed by atoms with Crippen LogP contribution in [-0.4, -0.2) is 27.2 Å². The molecule has 4 aromatic carbocycles. The zero-order valence-corrected chi connectivity index (χ0v) is 58.4. The highest BCUT2D eigenvalue weighted by molar-refractivity contribution is 7.81. The molecule has 4 aliphatic heterocycles. The normalized spacial score (nSPS) is 17.6. The quantitative estimate of drug-likeness (QED) is 0.0259. The Balaban J connectivity index is 1.23. The maximum absolute atomic E-state index is 6.90. The van der Waals surface area contributed by atoms with E-state index in [0.29, 0.717) is 65.6 Å². The zero-order chi connectivity index (χ0) is 61.5. The highest BCUT2D eigenvalue weighted by Crippen LogP contribution is 2.60. The van der Waals surface area contributed by atoms with Crippen LogP contribution in [0.5, 0.6) is 46.0 Å². The topological polar surface area (TPSA) is 73.8 Å². The largest absolute Gasteiger partial charge is 0.456 e. The summed E-state index contributed by atoms with van der Waals surface area (Å²) in [5.41, 5.74) is 8.95. The lowest BCUT2D eigenvalue weighted by Crippen LogP contribution is -2.23. The summed E-state index contributed by atoms with van der Waals surface area (Å²) in [6.07, 6.45) is 48.4. The molecule has 0 unspecified atom stereocenters. The van der Waals surface area contributed by atoms with Gasteiger partial charge in [0.05, 0.1) is 19.6 Å². The summed E-state index contributed by atoms with van der Waals surface area (Å²) in [6, 6.07) is 9.84. The van der Waals surface area contributed by atoms with Gasteiger partial charge in [0.1, 0.15) is 46.0 Å². The van der Waals surface area contributed by atoms with E-state index in [4.69, 9.17) is 88.4 Å². The lowest BCUT2D eigenvalue weighted by atomic mass is 9.76. The fourth-order valence-corrected chi connectivity index (χ4v) is 16.7. The lowest BCUT2D eigenvalue weighted by Gasteiger charge is -2.36. The van der Waals surface area contributed by atoms with Gasteiger partial charge < -0.3 is 37.9 Å². The van der Waals surface area contributed by atoms with E-state index in [9.17, 15) is 0 Å². The molecule has 0 radical (unpaired) electrons. The van der Waals surface area contributed by atoms with Crippen molar-refractivity contribution in [3.05, 3.63) is 68.8 Å². The van der Waals surface area contributed by atoms with E-state index in [-0.39, 0.29) is 50.8 Å². The number of thiol groups is 4. The number of benzene rings is 4. The predicted octanol–water partition coefficient (Wildman–Crippen LogP) is 24.3. The highest BCUT2D eigenvalue weighted by atomic mass is 32.1. The van der Waals surface area contributed by atoms with Crippen LogP contribution < -0.4 is 37.9 Å². The molecule has 0 aromatic heterocycles. The molecule has 0 spiro atoms. The van der Waals surface area contributed by atoms with Gasteiger partial charge in [-0.3, -0.25) is 0 Å². The number of ether oxygens (including phenoxy) is 8. The highest BCUT2D eigenvalue weighted by Gasteiger charge is 2.41. The zero-order valence-electron chi connectivity index (χ0n) is 54.8. The van der Waals surface area contributed by atoms with Gasteiger partial charge in [-0.05, 0) is 49.9 Å². The molecule has 5 aliphatic rings. The van der Waals surface area contributed by atoms with Crippen LogP contribution in [0.15, 0.2) is 43.8 Å². The molecular formula is C76H112O8S4. The van der Waals surface area contributed by atoms with Gasteiger partial charge in [0, 0.05) is 68.2 Å². The Hall–Kier alpha value is -3.32. The summed E-state index contributed by atoms with van der Waals surface area (Å²) in [7, 11) is 0. The monoisotopic (exact) mass is 1280 g/mol. The van der Waals surface area contributed by atoms with Gasteiger partial charge in [0.15, 0.2) is 0 Å². The van der Waals surface area contributed by atoms with E-state index in [2.05, 4.69) is 52.0 Å². The molecule has 1 aliphatic carbocycles. The summed E-state index contributed by atoms with van der Waals surface area (Å²) < 4.78 is 55.2. The van der Waals surface area contributed by atoms with E-state index in [1.807, 2.05) is 0 Å². The minimum absolute atomic E-state index is 0.0312. The number of rotatable bonds is 40. The first-order valence-electron chi connectivity index (χ1n) is 35.9. The third-order valence-corrected chi connectivity index (χ3v) is 21.7. The Labute approximate surface area is 554 Å². The van der Waals surface area contributed by atoms with Gasteiger partial charge >= 0.3 is 0 Å². The first-order valence-corrected chi connectivity index (χ1v) is 37.7. The Morgan fingerprint density at radius 1 is 0.227 bits per heavy atom. The van der Waals surface area contributed by atoms with E-state index < -0.39 is 0 Å². The first kappa shape index (κ1) is 69.0.